The summed E-state index contributed by atoms with van der Waals surface area (Å²) in [6.45, 7) is 5.88. The highest BCUT2D eigenvalue weighted by atomic mass is 16.4. The Balaban J connectivity index is 1.36. The zero-order chi connectivity index (χ0) is 22.2. The minimum absolute atomic E-state index is 0.333. The molecule has 4 aromatic rings. The molecule has 0 amide bonds. The van der Waals surface area contributed by atoms with Gasteiger partial charge in [-0.25, -0.2) is 19.7 Å². The Bertz CT molecular complexity index is 1290. The molecular formula is C25H25N5O2. The van der Waals surface area contributed by atoms with Crippen molar-refractivity contribution in [1.82, 2.24) is 19.4 Å². The van der Waals surface area contributed by atoms with Crippen molar-refractivity contribution in [3.05, 3.63) is 77.4 Å². The third kappa shape index (κ3) is 3.82. The van der Waals surface area contributed by atoms with Crippen LogP contribution in [-0.2, 0) is 0 Å². The lowest BCUT2D eigenvalue weighted by Gasteiger charge is -2.33. The van der Waals surface area contributed by atoms with Gasteiger partial charge in [-0.2, -0.15) is 0 Å². The lowest BCUT2D eigenvalue weighted by Crippen LogP contribution is -2.33. The van der Waals surface area contributed by atoms with E-state index in [0.29, 0.717) is 11.5 Å². The number of carbonyl (C=O) groups is 1. The highest BCUT2D eigenvalue weighted by Gasteiger charge is 2.23. The Hall–Kier alpha value is -3.74. The van der Waals surface area contributed by atoms with Gasteiger partial charge in [0.1, 0.15) is 11.5 Å². The van der Waals surface area contributed by atoms with Crippen molar-refractivity contribution in [2.24, 2.45) is 0 Å². The zero-order valence-corrected chi connectivity index (χ0v) is 18.2. The molecule has 0 saturated carbocycles. The van der Waals surface area contributed by atoms with Crippen LogP contribution in [0.3, 0.4) is 0 Å². The number of hydrogen-bond acceptors (Lipinski definition) is 5. The summed E-state index contributed by atoms with van der Waals surface area (Å²) >= 11 is 0. The van der Waals surface area contributed by atoms with Crippen LogP contribution in [0.1, 0.15) is 45.9 Å². The molecule has 1 aliphatic heterocycles. The largest absolute Gasteiger partial charge is 0.478 e. The standard InChI is InChI=1S/C25H25N5O2/c1-16-13-22-26-9-12-30(22)15-21(16)24-27-17(2)14-23(28-24)29-10-7-19(8-11-29)18-3-5-20(6-4-18)25(31)32/h3-6,9,12-15,19H,7-8,10-11H2,1-2H3,(H,31,32). The molecule has 7 heteroatoms. The fraction of sp³-hybridized carbons (Fsp3) is 0.280. The smallest absolute Gasteiger partial charge is 0.335 e. The van der Waals surface area contributed by atoms with Crippen molar-refractivity contribution >= 4 is 17.4 Å². The van der Waals surface area contributed by atoms with Crippen LogP contribution < -0.4 is 4.90 Å². The van der Waals surface area contributed by atoms with Crippen LogP contribution in [-0.4, -0.2) is 43.5 Å². The Morgan fingerprint density at radius 2 is 1.81 bits per heavy atom. The highest BCUT2D eigenvalue weighted by Crippen LogP contribution is 2.31. The average Bonchev–Trinajstić information content (AvgIpc) is 3.25. The molecule has 1 aromatic carbocycles. The van der Waals surface area contributed by atoms with Gasteiger partial charge in [0, 0.05) is 49.0 Å². The van der Waals surface area contributed by atoms with Gasteiger partial charge in [-0.1, -0.05) is 12.1 Å². The van der Waals surface area contributed by atoms with E-state index in [1.807, 2.05) is 35.9 Å². The molecule has 0 spiro atoms. The van der Waals surface area contributed by atoms with Gasteiger partial charge in [0.05, 0.1) is 5.56 Å². The predicted molar refractivity (Wildman–Crippen MR) is 123 cm³/mol. The number of pyridine rings is 1. The Kier molecular flexibility index (Phi) is 5.09. The molecule has 0 unspecified atom stereocenters. The Morgan fingerprint density at radius 3 is 2.53 bits per heavy atom. The molecule has 162 valence electrons. The van der Waals surface area contributed by atoms with Crippen molar-refractivity contribution in [3.8, 4) is 11.4 Å². The van der Waals surface area contributed by atoms with E-state index in [2.05, 4.69) is 28.9 Å². The summed E-state index contributed by atoms with van der Waals surface area (Å²) in [7, 11) is 0. The molecule has 0 atom stereocenters. The van der Waals surface area contributed by atoms with Gasteiger partial charge in [0.15, 0.2) is 5.82 Å². The molecule has 7 nitrogen and oxygen atoms in total. The van der Waals surface area contributed by atoms with Crippen LogP contribution >= 0.6 is 0 Å². The SMILES string of the molecule is Cc1cc(N2CCC(c3ccc(C(=O)O)cc3)CC2)nc(-c2cn3ccnc3cc2C)n1. The first-order valence-corrected chi connectivity index (χ1v) is 10.9. The Morgan fingerprint density at radius 1 is 1.06 bits per heavy atom. The quantitative estimate of drug-likeness (QED) is 0.517. The van der Waals surface area contributed by atoms with Gasteiger partial charge in [-0.3, -0.25) is 0 Å². The molecule has 1 saturated heterocycles. The molecule has 0 aliphatic carbocycles. The third-order valence-corrected chi connectivity index (χ3v) is 6.27. The first kappa shape index (κ1) is 20.2. The van der Waals surface area contributed by atoms with E-state index in [-0.39, 0.29) is 0 Å². The van der Waals surface area contributed by atoms with Gasteiger partial charge in [0.25, 0.3) is 0 Å². The molecule has 0 bridgehead atoms. The van der Waals surface area contributed by atoms with Gasteiger partial charge >= 0.3 is 5.97 Å². The van der Waals surface area contributed by atoms with Crippen molar-refractivity contribution in [1.29, 1.82) is 0 Å². The topological polar surface area (TPSA) is 83.6 Å². The van der Waals surface area contributed by atoms with Gasteiger partial charge in [-0.05, 0) is 61.9 Å². The zero-order valence-electron chi connectivity index (χ0n) is 18.2. The number of carboxylic acids is 1. The second-order valence-corrected chi connectivity index (χ2v) is 8.44. The maximum absolute atomic E-state index is 11.1. The fourth-order valence-electron chi connectivity index (χ4n) is 4.47. The minimum Gasteiger partial charge on any atom is -0.478 e. The van der Waals surface area contributed by atoms with E-state index in [4.69, 9.17) is 15.1 Å². The number of aryl methyl sites for hydroxylation is 2. The van der Waals surface area contributed by atoms with E-state index >= 15 is 0 Å². The van der Waals surface area contributed by atoms with Crippen molar-refractivity contribution in [2.75, 3.05) is 18.0 Å². The summed E-state index contributed by atoms with van der Waals surface area (Å²) in [5.74, 6) is 1.24. The van der Waals surface area contributed by atoms with Gasteiger partial charge in [0.2, 0.25) is 0 Å². The van der Waals surface area contributed by atoms with Crippen LogP contribution in [0.4, 0.5) is 5.82 Å². The predicted octanol–water partition coefficient (Wildman–Crippen LogP) is 4.49. The molecule has 3 aromatic heterocycles. The number of aromatic carboxylic acids is 1. The first-order chi connectivity index (χ1) is 15.5. The van der Waals surface area contributed by atoms with Gasteiger partial charge in [-0.15, -0.1) is 0 Å². The summed E-state index contributed by atoms with van der Waals surface area (Å²) in [5, 5.41) is 9.11. The number of benzene rings is 1. The number of imidazole rings is 1. The summed E-state index contributed by atoms with van der Waals surface area (Å²) in [5.41, 5.74) is 5.51. The van der Waals surface area contributed by atoms with E-state index < -0.39 is 5.97 Å². The maximum Gasteiger partial charge on any atom is 0.335 e. The highest BCUT2D eigenvalue weighted by molar-refractivity contribution is 5.87. The second kappa shape index (κ2) is 8.07. The molecule has 5 rings (SSSR count). The molecular weight excluding hydrogens is 402 g/mol. The number of hydrogen-bond donors (Lipinski definition) is 1. The van der Waals surface area contributed by atoms with E-state index in [1.165, 1.54) is 5.56 Å². The molecule has 1 N–H and O–H groups in total. The normalized spacial score (nSPS) is 14.8. The number of fused-ring (bicyclic) bond motifs is 1. The second-order valence-electron chi connectivity index (χ2n) is 8.44. The van der Waals surface area contributed by atoms with E-state index in [9.17, 15) is 4.79 Å². The number of rotatable bonds is 4. The molecule has 32 heavy (non-hydrogen) atoms. The third-order valence-electron chi connectivity index (χ3n) is 6.27. The van der Waals surface area contributed by atoms with Crippen molar-refractivity contribution in [2.45, 2.75) is 32.6 Å². The number of aromatic nitrogens is 4. The van der Waals surface area contributed by atoms with Crippen LogP contribution in [0, 0.1) is 13.8 Å². The van der Waals surface area contributed by atoms with Crippen molar-refractivity contribution in [3.63, 3.8) is 0 Å². The van der Waals surface area contributed by atoms with Crippen LogP contribution in [0.5, 0.6) is 0 Å². The average molecular weight is 428 g/mol. The van der Waals surface area contributed by atoms with Crippen molar-refractivity contribution < 1.29 is 9.90 Å². The summed E-state index contributed by atoms with van der Waals surface area (Å²) in [4.78, 5) is 27.4. The molecule has 4 heterocycles. The lowest BCUT2D eigenvalue weighted by atomic mass is 9.89. The van der Waals surface area contributed by atoms with Crippen LogP contribution in [0.25, 0.3) is 17.0 Å². The van der Waals surface area contributed by atoms with Crippen LogP contribution in [0.15, 0.2) is 55.0 Å². The summed E-state index contributed by atoms with van der Waals surface area (Å²) in [6.07, 6.45) is 7.78. The first-order valence-electron chi connectivity index (χ1n) is 10.9. The molecule has 0 radical (unpaired) electrons. The number of piperidine rings is 1. The number of nitrogens with zero attached hydrogens (tertiary/aromatic N) is 5. The van der Waals surface area contributed by atoms with E-state index in [0.717, 1.165) is 60.0 Å². The summed E-state index contributed by atoms with van der Waals surface area (Å²) < 4.78 is 1.99. The number of anilines is 1. The number of carboxylic acid groups (broad SMARTS) is 1. The molecule has 1 aliphatic rings. The van der Waals surface area contributed by atoms with Gasteiger partial charge < -0.3 is 14.4 Å². The van der Waals surface area contributed by atoms with Crippen LogP contribution in [0.2, 0.25) is 0 Å². The fourth-order valence-corrected chi connectivity index (χ4v) is 4.47. The lowest BCUT2D eigenvalue weighted by molar-refractivity contribution is 0.0697. The monoisotopic (exact) mass is 427 g/mol. The summed E-state index contributed by atoms with van der Waals surface area (Å²) in [6, 6.07) is 11.4. The maximum atomic E-state index is 11.1. The minimum atomic E-state index is -0.885. The Labute approximate surface area is 186 Å². The van der Waals surface area contributed by atoms with E-state index in [1.54, 1.807) is 18.3 Å². The molecule has 1 fully saturated rings.